The van der Waals surface area contributed by atoms with E-state index >= 15 is 0 Å². The molecular weight excluding hydrogens is 423 g/mol. The summed E-state index contributed by atoms with van der Waals surface area (Å²) >= 11 is 5.96. The summed E-state index contributed by atoms with van der Waals surface area (Å²) in [4.78, 5) is 21.0. The third kappa shape index (κ3) is 4.80. The minimum absolute atomic E-state index is 0.181. The van der Waals surface area contributed by atoms with Crippen molar-refractivity contribution in [1.82, 2.24) is 20.4 Å². The minimum Gasteiger partial charge on any atom is -0.467 e. The van der Waals surface area contributed by atoms with E-state index in [2.05, 4.69) is 20.4 Å². The van der Waals surface area contributed by atoms with E-state index in [0.717, 1.165) is 5.56 Å². The molecule has 7 nitrogen and oxygen atoms in total. The summed E-state index contributed by atoms with van der Waals surface area (Å²) in [6.07, 6.45) is 0.542. The second-order valence-electron chi connectivity index (χ2n) is 6.71. The molecule has 0 atom stereocenters. The predicted octanol–water partition coefficient (Wildman–Crippen LogP) is 4.33. The minimum atomic E-state index is -0.367. The van der Waals surface area contributed by atoms with E-state index in [0.29, 0.717) is 40.5 Å². The highest BCUT2D eigenvalue weighted by atomic mass is 35.5. The normalized spacial score (nSPS) is 10.9. The lowest BCUT2D eigenvalue weighted by Crippen LogP contribution is -2.28. The fraction of sp³-hybridized carbons (Fsp3) is 0.182. The zero-order chi connectivity index (χ0) is 21.8. The molecule has 4 aromatic rings. The van der Waals surface area contributed by atoms with E-state index in [9.17, 15) is 9.18 Å². The van der Waals surface area contributed by atoms with Crippen LogP contribution in [0.15, 0.2) is 53.1 Å². The predicted molar refractivity (Wildman–Crippen MR) is 113 cm³/mol. The molecular formula is C22H18ClFN4O3. The van der Waals surface area contributed by atoms with Crippen LogP contribution in [0.25, 0.3) is 22.4 Å². The van der Waals surface area contributed by atoms with E-state index < -0.39 is 0 Å². The number of ether oxygens (including phenoxy) is 1. The topological polar surface area (TPSA) is 90.1 Å². The highest BCUT2D eigenvalue weighted by Crippen LogP contribution is 2.33. The molecule has 0 bridgehead atoms. The maximum Gasteiger partial charge on any atom is 0.265 e. The molecule has 0 unspecified atom stereocenters. The van der Waals surface area contributed by atoms with Gasteiger partial charge in [-0.15, -0.1) is 0 Å². The Morgan fingerprint density at radius 3 is 2.74 bits per heavy atom. The smallest absolute Gasteiger partial charge is 0.265 e. The van der Waals surface area contributed by atoms with E-state index in [4.69, 9.17) is 20.9 Å². The number of aromatic nitrogens is 3. The standard InChI is InChI=1S/C22H18ClFN4O3/c1-2-17-26-21(30-12-18(29)25-11-13-4-3-5-15(23)10-13)19-20(28-31-22(19)27-17)14-6-8-16(24)9-7-14/h3-10H,2,11-12H2,1H3,(H,25,29). The summed E-state index contributed by atoms with van der Waals surface area (Å²) in [7, 11) is 0. The van der Waals surface area contributed by atoms with E-state index in [1.165, 1.54) is 12.1 Å². The average Bonchev–Trinajstić information content (AvgIpc) is 3.20. The summed E-state index contributed by atoms with van der Waals surface area (Å²) < 4.78 is 24.4. The lowest BCUT2D eigenvalue weighted by atomic mass is 10.1. The number of amides is 1. The fourth-order valence-electron chi connectivity index (χ4n) is 2.97. The molecule has 1 N–H and O–H groups in total. The van der Waals surface area contributed by atoms with Crippen LogP contribution in [0.3, 0.4) is 0 Å². The molecule has 0 aliphatic heterocycles. The maximum absolute atomic E-state index is 13.3. The van der Waals surface area contributed by atoms with E-state index in [-0.39, 0.29) is 29.9 Å². The number of carbonyl (C=O) groups excluding carboxylic acids is 1. The summed E-state index contributed by atoms with van der Waals surface area (Å²) in [5, 5.41) is 7.84. The molecule has 158 valence electrons. The molecule has 2 aromatic heterocycles. The number of fused-ring (bicyclic) bond motifs is 1. The molecule has 2 aromatic carbocycles. The first kappa shape index (κ1) is 20.7. The molecule has 31 heavy (non-hydrogen) atoms. The van der Waals surface area contributed by atoms with Crippen LogP contribution in [0.5, 0.6) is 5.88 Å². The SMILES string of the molecule is CCc1nc(OCC(=O)NCc2cccc(Cl)c2)c2c(-c3ccc(F)cc3)noc2n1. The Bertz CT molecular complexity index is 1230. The van der Waals surface area contributed by atoms with Crippen LogP contribution in [-0.4, -0.2) is 27.6 Å². The Morgan fingerprint density at radius 1 is 1.19 bits per heavy atom. The van der Waals surface area contributed by atoms with Gasteiger partial charge >= 0.3 is 0 Å². The molecule has 0 radical (unpaired) electrons. The molecule has 0 aliphatic rings. The average molecular weight is 441 g/mol. The van der Waals surface area contributed by atoms with Crippen LogP contribution in [0, 0.1) is 5.82 Å². The van der Waals surface area contributed by atoms with Crippen molar-refractivity contribution in [2.75, 3.05) is 6.61 Å². The van der Waals surface area contributed by atoms with Gasteiger partial charge in [0.15, 0.2) is 6.61 Å². The molecule has 0 saturated carbocycles. The van der Waals surface area contributed by atoms with Crippen molar-refractivity contribution in [3.63, 3.8) is 0 Å². The first-order valence-electron chi connectivity index (χ1n) is 9.59. The molecule has 0 aliphatic carbocycles. The summed E-state index contributed by atoms with van der Waals surface area (Å²) in [6, 6.07) is 13.0. The number of nitrogens with zero attached hydrogens (tertiary/aromatic N) is 3. The molecule has 0 spiro atoms. The third-order valence-electron chi connectivity index (χ3n) is 4.50. The monoisotopic (exact) mass is 440 g/mol. The maximum atomic E-state index is 13.3. The largest absolute Gasteiger partial charge is 0.467 e. The van der Waals surface area contributed by atoms with E-state index in [1.807, 2.05) is 19.1 Å². The van der Waals surface area contributed by atoms with E-state index in [1.54, 1.807) is 24.3 Å². The Balaban J connectivity index is 1.55. The van der Waals surface area contributed by atoms with Crippen LogP contribution in [0.2, 0.25) is 5.02 Å². The molecule has 4 rings (SSSR count). The molecule has 9 heteroatoms. The Hall–Kier alpha value is -3.52. The quantitative estimate of drug-likeness (QED) is 0.460. The van der Waals surface area contributed by atoms with Crippen LogP contribution in [-0.2, 0) is 17.8 Å². The Kier molecular flexibility index (Phi) is 6.08. The lowest BCUT2D eigenvalue weighted by Gasteiger charge is -2.09. The number of rotatable bonds is 7. The summed E-state index contributed by atoms with van der Waals surface area (Å²) in [6.45, 7) is 1.94. The molecule has 0 saturated heterocycles. The first-order valence-corrected chi connectivity index (χ1v) is 9.97. The summed E-state index contributed by atoms with van der Waals surface area (Å²) in [5.41, 5.74) is 2.13. The Labute approximate surface area is 182 Å². The van der Waals surface area contributed by atoms with Crippen LogP contribution in [0.1, 0.15) is 18.3 Å². The van der Waals surface area contributed by atoms with Gasteiger partial charge in [-0.25, -0.2) is 4.39 Å². The number of hydrogen-bond donors (Lipinski definition) is 1. The van der Waals surface area contributed by atoms with Gasteiger partial charge in [-0.05, 0) is 42.0 Å². The molecule has 1 amide bonds. The first-order chi connectivity index (χ1) is 15.0. The zero-order valence-corrected chi connectivity index (χ0v) is 17.3. The number of carbonyl (C=O) groups is 1. The van der Waals surface area contributed by atoms with Crippen LogP contribution >= 0.6 is 11.6 Å². The number of aryl methyl sites for hydroxylation is 1. The van der Waals surface area contributed by atoms with Crippen molar-refractivity contribution < 1.29 is 18.4 Å². The van der Waals surface area contributed by atoms with Gasteiger partial charge in [-0.1, -0.05) is 35.8 Å². The second-order valence-corrected chi connectivity index (χ2v) is 7.15. The van der Waals surface area contributed by atoms with Crippen molar-refractivity contribution in [2.45, 2.75) is 19.9 Å². The third-order valence-corrected chi connectivity index (χ3v) is 4.74. The van der Waals surface area contributed by atoms with Gasteiger partial charge in [0.2, 0.25) is 5.88 Å². The van der Waals surface area contributed by atoms with Gasteiger partial charge < -0.3 is 14.6 Å². The van der Waals surface area contributed by atoms with Gasteiger partial charge in [0.25, 0.3) is 11.6 Å². The molecule has 0 fully saturated rings. The van der Waals surface area contributed by atoms with Crippen molar-refractivity contribution >= 4 is 28.6 Å². The number of halogens is 2. The van der Waals surface area contributed by atoms with Crippen LogP contribution < -0.4 is 10.1 Å². The summed E-state index contributed by atoms with van der Waals surface area (Å²) in [5.74, 6) is -0.0255. The van der Waals surface area contributed by atoms with Gasteiger partial charge in [-0.2, -0.15) is 9.97 Å². The van der Waals surface area contributed by atoms with Crippen molar-refractivity contribution in [3.05, 3.63) is 70.8 Å². The van der Waals surface area contributed by atoms with Crippen molar-refractivity contribution in [3.8, 4) is 17.1 Å². The highest BCUT2D eigenvalue weighted by molar-refractivity contribution is 6.30. The number of nitrogens with one attached hydrogen (secondary N) is 1. The number of benzene rings is 2. The van der Waals surface area contributed by atoms with Crippen molar-refractivity contribution in [1.29, 1.82) is 0 Å². The van der Waals surface area contributed by atoms with Gasteiger partial charge in [0, 0.05) is 23.6 Å². The molecule has 2 heterocycles. The van der Waals surface area contributed by atoms with Gasteiger partial charge in [0.05, 0.1) is 0 Å². The lowest BCUT2D eigenvalue weighted by molar-refractivity contribution is -0.123. The second kappa shape index (κ2) is 9.09. The Morgan fingerprint density at radius 2 is 2.00 bits per heavy atom. The zero-order valence-electron chi connectivity index (χ0n) is 16.6. The van der Waals surface area contributed by atoms with Gasteiger partial charge in [0.1, 0.15) is 22.7 Å². The fourth-order valence-corrected chi connectivity index (χ4v) is 3.18. The van der Waals surface area contributed by atoms with Gasteiger partial charge in [-0.3, -0.25) is 4.79 Å². The number of hydrogen-bond acceptors (Lipinski definition) is 6. The van der Waals surface area contributed by atoms with Crippen LogP contribution in [0.4, 0.5) is 4.39 Å². The highest BCUT2D eigenvalue weighted by Gasteiger charge is 2.20. The van der Waals surface area contributed by atoms with Crippen molar-refractivity contribution in [2.24, 2.45) is 0 Å².